The van der Waals surface area contributed by atoms with Crippen LogP contribution in [-0.4, -0.2) is 59.0 Å². The molecule has 0 heterocycles. The summed E-state index contributed by atoms with van der Waals surface area (Å²) in [6, 6.07) is 9.68. The van der Waals surface area contributed by atoms with Crippen molar-refractivity contribution < 1.29 is 29.0 Å². The van der Waals surface area contributed by atoms with E-state index in [-0.39, 0.29) is 18.0 Å². The van der Waals surface area contributed by atoms with Gasteiger partial charge in [-0.25, -0.2) is 4.79 Å². The number of aryl methyl sites for hydroxylation is 1. The second-order valence-electron chi connectivity index (χ2n) is 11.3. The molecule has 10 heteroatoms. The van der Waals surface area contributed by atoms with Crippen LogP contribution in [0.25, 0.3) is 0 Å². The van der Waals surface area contributed by atoms with Gasteiger partial charge in [0.1, 0.15) is 29.2 Å². The minimum absolute atomic E-state index is 0.00645. The molecule has 9 nitrogen and oxygen atoms in total. The van der Waals surface area contributed by atoms with Gasteiger partial charge < -0.3 is 30.1 Å². The molecule has 2 aromatic rings. The zero-order chi connectivity index (χ0) is 31.3. The fraction of sp³-hybridized carbons (Fsp3) is 0.531. The Morgan fingerprint density at radius 1 is 1.00 bits per heavy atom. The third-order valence-electron chi connectivity index (χ3n) is 6.66. The number of methoxy groups -OCH3 is 1. The van der Waals surface area contributed by atoms with E-state index in [9.17, 15) is 19.5 Å². The molecule has 0 saturated carbocycles. The molecule has 0 aliphatic rings. The quantitative estimate of drug-likeness (QED) is 0.139. The highest BCUT2D eigenvalue weighted by atomic mass is 32.1. The zero-order valence-electron chi connectivity index (χ0n) is 25.7. The van der Waals surface area contributed by atoms with Gasteiger partial charge in [0.2, 0.25) is 5.91 Å². The van der Waals surface area contributed by atoms with Gasteiger partial charge in [0, 0.05) is 18.0 Å². The van der Waals surface area contributed by atoms with E-state index in [4.69, 9.17) is 9.47 Å². The van der Waals surface area contributed by atoms with Crippen molar-refractivity contribution in [3.63, 3.8) is 0 Å². The van der Waals surface area contributed by atoms with Gasteiger partial charge in [-0.1, -0.05) is 45.1 Å². The lowest BCUT2D eigenvalue weighted by molar-refractivity contribution is -0.140. The Hall–Kier alpha value is -3.40. The summed E-state index contributed by atoms with van der Waals surface area (Å²) in [4.78, 5) is 42.2. The molecular formula is C32H47N3O6S. The van der Waals surface area contributed by atoms with Gasteiger partial charge in [0.05, 0.1) is 7.11 Å². The number of hydrogen-bond donors (Lipinski definition) is 4. The second kappa shape index (κ2) is 16.9. The first-order valence-electron chi connectivity index (χ1n) is 14.6. The van der Waals surface area contributed by atoms with Gasteiger partial charge in [0.25, 0.3) is 5.91 Å². The number of aromatic hydroxyl groups is 1. The summed E-state index contributed by atoms with van der Waals surface area (Å²) in [6.45, 7) is 9.38. The van der Waals surface area contributed by atoms with Crippen LogP contribution in [0.1, 0.15) is 83.4 Å². The number of phenolic OH excluding ortho intramolecular Hbond substituents is 1. The van der Waals surface area contributed by atoms with E-state index in [1.807, 2.05) is 0 Å². The molecule has 2 unspecified atom stereocenters. The predicted molar refractivity (Wildman–Crippen MR) is 169 cm³/mol. The maximum atomic E-state index is 14.1. The van der Waals surface area contributed by atoms with Crippen LogP contribution in [0.5, 0.6) is 11.5 Å². The highest BCUT2D eigenvalue weighted by molar-refractivity contribution is 7.80. The number of rotatable bonds is 15. The van der Waals surface area contributed by atoms with Crippen LogP contribution < -0.4 is 15.4 Å². The number of hydrogen-bond acceptors (Lipinski definition) is 7. The van der Waals surface area contributed by atoms with Crippen LogP contribution in [0.2, 0.25) is 0 Å². The lowest BCUT2D eigenvalue weighted by Crippen LogP contribution is -2.53. The summed E-state index contributed by atoms with van der Waals surface area (Å²) in [5.41, 5.74) is 0.882. The Kier molecular flexibility index (Phi) is 14.0. The Bertz CT molecular complexity index is 1170. The van der Waals surface area contributed by atoms with Gasteiger partial charge in [-0.05, 0) is 81.6 Å². The van der Waals surface area contributed by atoms with Gasteiger partial charge in [0.15, 0.2) is 0 Å². The molecule has 0 spiro atoms. The Morgan fingerprint density at radius 2 is 1.64 bits per heavy atom. The Labute approximate surface area is 255 Å². The van der Waals surface area contributed by atoms with Gasteiger partial charge in [-0.3, -0.25) is 9.59 Å². The molecule has 0 bridgehead atoms. The monoisotopic (exact) mass is 601 g/mol. The zero-order valence-corrected chi connectivity index (χ0v) is 26.6. The SMILES string of the molecule is CCCCCCCCN(C(=O)C(CS)NC(=O)OC(C)(C)C)C(C(=O)Nc1ccc(OC)cc1)c1ccc(O)c(C)c1. The summed E-state index contributed by atoms with van der Waals surface area (Å²) < 4.78 is 10.6. The maximum absolute atomic E-state index is 14.1. The molecule has 0 aromatic heterocycles. The predicted octanol–water partition coefficient (Wildman–Crippen LogP) is 6.40. The molecule has 0 saturated heterocycles. The third-order valence-corrected chi connectivity index (χ3v) is 7.03. The lowest BCUT2D eigenvalue weighted by Gasteiger charge is -2.34. The first-order valence-corrected chi connectivity index (χ1v) is 15.2. The van der Waals surface area contributed by atoms with Crippen molar-refractivity contribution in [2.75, 3.05) is 24.7 Å². The molecule has 0 fully saturated rings. The van der Waals surface area contributed by atoms with Crippen molar-refractivity contribution in [2.24, 2.45) is 0 Å². The van der Waals surface area contributed by atoms with Crippen molar-refractivity contribution >= 4 is 36.2 Å². The maximum Gasteiger partial charge on any atom is 0.408 e. The Balaban J connectivity index is 2.47. The van der Waals surface area contributed by atoms with Crippen molar-refractivity contribution in [1.82, 2.24) is 10.2 Å². The molecular weight excluding hydrogens is 554 g/mol. The number of anilines is 1. The Morgan fingerprint density at radius 3 is 2.21 bits per heavy atom. The summed E-state index contributed by atoms with van der Waals surface area (Å²) in [6.07, 6.45) is 5.20. The van der Waals surface area contributed by atoms with E-state index in [0.29, 0.717) is 29.0 Å². The number of ether oxygens (including phenoxy) is 2. The number of amides is 3. The summed E-state index contributed by atoms with van der Waals surface area (Å²) in [5, 5.41) is 15.8. The summed E-state index contributed by atoms with van der Waals surface area (Å²) in [5.74, 6) is -0.151. The number of unbranched alkanes of at least 4 members (excludes halogenated alkanes) is 5. The van der Waals surface area contributed by atoms with E-state index in [2.05, 4.69) is 30.2 Å². The number of carbonyl (C=O) groups excluding carboxylic acids is 3. The highest BCUT2D eigenvalue weighted by Gasteiger charge is 2.36. The fourth-order valence-electron chi connectivity index (χ4n) is 4.47. The number of thiol groups is 1. The fourth-order valence-corrected chi connectivity index (χ4v) is 4.72. The minimum Gasteiger partial charge on any atom is -0.508 e. The lowest BCUT2D eigenvalue weighted by atomic mass is 9.99. The van der Waals surface area contributed by atoms with E-state index in [0.717, 1.165) is 32.1 Å². The first kappa shape index (κ1) is 34.8. The van der Waals surface area contributed by atoms with Crippen LogP contribution in [0.3, 0.4) is 0 Å². The van der Waals surface area contributed by atoms with E-state index >= 15 is 0 Å². The van der Waals surface area contributed by atoms with Crippen molar-refractivity contribution in [3.05, 3.63) is 53.6 Å². The number of nitrogens with zero attached hydrogens (tertiary/aromatic N) is 1. The molecule has 2 rings (SSSR count). The van der Waals surface area contributed by atoms with Crippen LogP contribution in [0.4, 0.5) is 10.5 Å². The molecule has 232 valence electrons. The van der Waals surface area contributed by atoms with E-state index < -0.39 is 35.6 Å². The first-order chi connectivity index (χ1) is 19.9. The molecule has 3 N–H and O–H groups in total. The normalized spacial score (nSPS) is 12.6. The number of alkyl carbamates (subject to hydrolysis) is 1. The van der Waals surface area contributed by atoms with Crippen molar-refractivity contribution in [1.29, 1.82) is 0 Å². The topological polar surface area (TPSA) is 117 Å². The second-order valence-corrected chi connectivity index (χ2v) is 11.7. The largest absolute Gasteiger partial charge is 0.508 e. The van der Waals surface area contributed by atoms with Crippen LogP contribution in [0.15, 0.2) is 42.5 Å². The van der Waals surface area contributed by atoms with Crippen molar-refractivity contribution in [3.8, 4) is 11.5 Å². The standard InChI is InChI=1S/C32H47N3O6S/c1-7-8-9-10-11-12-19-35(30(38)26(21-42)34-31(39)41-32(3,4)5)28(23-13-18-27(36)22(2)20-23)29(37)33-24-14-16-25(40-6)17-15-24/h13-18,20,26,28,36,42H,7-12,19,21H2,1-6H3,(H,33,37)(H,34,39). The molecule has 2 aromatic carbocycles. The van der Waals surface area contributed by atoms with E-state index in [1.165, 1.54) is 11.0 Å². The number of nitrogens with one attached hydrogen (secondary N) is 2. The average Bonchev–Trinajstić information content (AvgIpc) is 2.93. The minimum atomic E-state index is -1.04. The van der Waals surface area contributed by atoms with Gasteiger partial charge in [-0.15, -0.1) is 0 Å². The summed E-state index contributed by atoms with van der Waals surface area (Å²) in [7, 11) is 1.56. The number of phenols is 1. The van der Waals surface area contributed by atoms with Crippen molar-refractivity contribution in [2.45, 2.75) is 90.8 Å². The van der Waals surface area contributed by atoms with Crippen LogP contribution in [0, 0.1) is 6.92 Å². The summed E-state index contributed by atoms with van der Waals surface area (Å²) >= 11 is 4.36. The molecule has 0 aliphatic heterocycles. The molecule has 42 heavy (non-hydrogen) atoms. The number of carbonyl (C=O) groups is 3. The van der Waals surface area contributed by atoms with E-state index in [1.54, 1.807) is 71.2 Å². The molecule has 2 atom stereocenters. The molecule has 0 aliphatic carbocycles. The average molecular weight is 602 g/mol. The van der Waals surface area contributed by atoms with Crippen LogP contribution in [-0.2, 0) is 14.3 Å². The van der Waals surface area contributed by atoms with Crippen LogP contribution >= 0.6 is 12.6 Å². The smallest absolute Gasteiger partial charge is 0.408 e. The highest BCUT2D eigenvalue weighted by Crippen LogP contribution is 2.29. The third kappa shape index (κ3) is 11.1. The molecule has 0 radical (unpaired) electrons. The van der Waals surface area contributed by atoms with Gasteiger partial charge in [-0.2, -0.15) is 12.6 Å². The number of benzene rings is 2. The molecule has 3 amide bonds. The van der Waals surface area contributed by atoms with Gasteiger partial charge >= 0.3 is 6.09 Å².